The number of nitrogens with zero attached hydrogens (tertiary/aromatic N) is 1. The zero-order valence-electron chi connectivity index (χ0n) is 38.9. The van der Waals surface area contributed by atoms with Crippen molar-refractivity contribution >= 4 is 33.1 Å². The Morgan fingerprint density at radius 3 is 2.61 bits per heavy atom. The molecule has 69 heavy (non-hydrogen) atoms. The molecule has 0 saturated heterocycles. The van der Waals surface area contributed by atoms with Crippen molar-refractivity contribution < 1.29 is 40.2 Å². The molecule has 2 fully saturated rings. The van der Waals surface area contributed by atoms with Crippen LogP contribution in [0.5, 0.6) is 17.2 Å². The zero-order chi connectivity index (χ0) is 48.3. The van der Waals surface area contributed by atoms with Crippen LogP contribution in [0, 0.1) is 45.8 Å². The van der Waals surface area contributed by atoms with E-state index in [1.807, 2.05) is 24.3 Å². The van der Waals surface area contributed by atoms with E-state index in [-0.39, 0.29) is 66.9 Å². The fourth-order valence-corrected chi connectivity index (χ4v) is 14.6. The lowest BCUT2D eigenvalue weighted by molar-refractivity contribution is -0.307. The van der Waals surface area contributed by atoms with Gasteiger partial charge in [0.25, 0.3) is 0 Å². The fourth-order valence-electron chi connectivity index (χ4n) is 11.9. The molecule has 9 rings (SSSR count). The first-order valence-electron chi connectivity index (χ1n) is 24.3. The molecule has 3 aromatic rings. The lowest BCUT2D eigenvalue weighted by atomic mass is 9.65. The normalized spacial score (nSPS) is 28.6. The molecule has 9 N–H and O–H groups in total. The average molecular weight is 969 g/mol. The molecule has 0 radical (unpaired) electrons. The van der Waals surface area contributed by atoms with Crippen LogP contribution in [-0.2, 0) is 23.4 Å². The number of aryl methyl sites for hydroxylation is 1. The van der Waals surface area contributed by atoms with E-state index in [9.17, 15) is 35.4 Å². The first-order valence-corrected chi connectivity index (χ1v) is 26.8. The third-order valence-electron chi connectivity index (χ3n) is 15.7. The number of ketones is 1. The number of allylic oxidation sites excluding steroid dienone is 5. The Morgan fingerprint density at radius 1 is 0.957 bits per heavy atom. The molecule has 0 aromatic heterocycles. The minimum absolute atomic E-state index is 0.0200. The van der Waals surface area contributed by atoms with Crippen LogP contribution in [0.3, 0.4) is 0 Å². The maximum atomic E-state index is 14.3. The summed E-state index contributed by atoms with van der Waals surface area (Å²) in [6, 6.07) is 14.5. The van der Waals surface area contributed by atoms with Crippen molar-refractivity contribution in [3.05, 3.63) is 123 Å². The molecule has 13 heteroatoms. The smallest absolute Gasteiger partial charge is 0.161 e. The Balaban J connectivity index is 1.12. The monoisotopic (exact) mass is 968 g/mol. The Morgan fingerprint density at radius 2 is 1.78 bits per heavy atom. The molecule has 6 aliphatic rings. The lowest BCUT2D eigenvalue weighted by Crippen LogP contribution is -2.35. The van der Waals surface area contributed by atoms with Gasteiger partial charge in [0.1, 0.15) is 5.75 Å². The lowest BCUT2D eigenvalue weighted by Gasteiger charge is -2.39. The van der Waals surface area contributed by atoms with Crippen molar-refractivity contribution in [1.82, 2.24) is 0 Å². The number of fused-ring (bicyclic) bond motifs is 8. The fraction of sp³-hybridized carbons (Fsp3) is 0.464. The minimum atomic E-state index is -0.846. The molecule has 2 aliphatic heterocycles. The second kappa shape index (κ2) is 20.8. The van der Waals surface area contributed by atoms with E-state index in [2.05, 4.69) is 34.8 Å². The van der Waals surface area contributed by atoms with Gasteiger partial charge in [0, 0.05) is 65.3 Å². The van der Waals surface area contributed by atoms with Crippen LogP contribution >= 0.6 is 21.6 Å². The first-order chi connectivity index (χ1) is 33.3. The van der Waals surface area contributed by atoms with Crippen molar-refractivity contribution in [3.8, 4) is 40.9 Å². The number of hydrogen-bond acceptors (Lipinski definition) is 13. The number of phenols is 2. The second-order valence-corrected chi connectivity index (χ2v) is 22.7. The van der Waals surface area contributed by atoms with Gasteiger partial charge in [-0.05, 0) is 138 Å². The maximum absolute atomic E-state index is 14.3. The molecule has 362 valence electrons. The number of rotatable bonds is 4. The van der Waals surface area contributed by atoms with Gasteiger partial charge in [-0.3, -0.25) is 9.79 Å². The number of ether oxygens (including phenoxy) is 1. The molecular weight excluding hydrogens is 907 g/mol. The van der Waals surface area contributed by atoms with E-state index in [1.165, 1.54) is 0 Å². The summed E-state index contributed by atoms with van der Waals surface area (Å²) in [5.41, 5.74) is 18.1. The topological polar surface area (TPSA) is 215 Å². The van der Waals surface area contributed by atoms with E-state index < -0.39 is 35.1 Å². The van der Waals surface area contributed by atoms with Crippen LogP contribution < -0.4 is 21.3 Å². The van der Waals surface area contributed by atoms with E-state index in [0.717, 1.165) is 47.9 Å². The van der Waals surface area contributed by atoms with Crippen molar-refractivity contribution in [2.75, 3.05) is 19.0 Å². The standard InChI is InChI=1S/C56H63N3O8S2/c57-53(58)44-26-37-4-1-7-47-42(15-22-59-47)50(65)28-45-43(37)27-38(44)32-68-69-34-56-18-3-6-39-5-2-17-55(39,29-41(62)31-60)21-20-54(33-56,30-52(56)66)19-14-40(61)11-8-35-10-13-49(64)51(25-35)67-23-16-36-9-12-48(63)46(45)24-36/h9-10,12-15,19,22,24-27,39,41,45,52-53,60,62-66H,2,5,7-8,11,16-18,20-21,23,28-34,57-58H2/p-1. The summed E-state index contributed by atoms with van der Waals surface area (Å²) in [7, 11) is 3.31. The SMILES string of the molecule is NC(N)c1cc2c3cc1CSSCC14CC#CC5CCCC5(CC(O)CO)CCC(C=CC(=O)CCc5ccc(O)c(c5)OCCc5ccc(O)c(c5)C3CC([O-])=C3C=CN=C3CC#C2)(CC1O)C4. The second-order valence-electron chi connectivity index (χ2n) is 20.2. The molecule has 2 saturated carbocycles. The number of phenolic OH excluding ortho intramolecular Hbond substituents is 2. The predicted octanol–water partition coefficient (Wildman–Crippen LogP) is 7.29. The van der Waals surface area contributed by atoms with Gasteiger partial charge in [0.15, 0.2) is 17.3 Å². The molecule has 11 nitrogen and oxygen atoms in total. The van der Waals surface area contributed by atoms with Crippen LogP contribution in [0.4, 0.5) is 0 Å². The van der Waals surface area contributed by atoms with Gasteiger partial charge < -0.3 is 46.8 Å². The summed E-state index contributed by atoms with van der Waals surface area (Å²) in [5, 5.41) is 69.8. The number of nitrogens with two attached hydrogens (primary N) is 2. The molecule has 8 bridgehead atoms. The van der Waals surface area contributed by atoms with Gasteiger partial charge in [0.2, 0.25) is 0 Å². The summed E-state index contributed by atoms with van der Waals surface area (Å²) >= 11 is 0. The first kappa shape index (κ1) is 49.0. The predicted molar refractivity (Wildman–Crippen MR) is 270 cm³/mol. The third kappa shape index (κ3) is 10.6. The van der Waals surface area contributed by atoms with Crippen molar-refractivity contribution in [1.29, 1.82) is 0 Å². The van der Waals surface area contributed by atoms with Gasteiger partial charge in [-0.15, -0.1) is 11.7 Å². The molecule has 0 spiro atoms. The summed E-state index contributed by atoms with van der Waals surface area (Å²) in [6.45, 7) is -0.105. The zero-order valence-corrected chi connectivity index (χ0v) is 40.6. The minimum Gasteiger partial charge on any atom is -0.875 e. The Labute approximate surface area is 413 Å². The molecule has 7 atom stereocenters. The summed E-state index contributed by atoms with van der Waals surface area (Å²) < 4.78 is 6.17. The highest BCUT2D eigenvalue weighted by Gasteiger charge is 2.54. The summed E-state index contributed by atoms with van der Waals surface area (Å²) in [5.74, 6) is 14.5. The highest BCUT2D eigenvalue weighted by Crippen LogP contribution is 2.60. The van der Waals surface area contributed by atoms with Crippen LogP contribution in [0.1, 0.15) is 128 Å². The number of carbonyl (C=O) groups excluding carboxylic acids is 1. The quantitative estimate of drug-likeness (QED) is 0.0780. The van der Waals surface area contributed by atoms with Crippen molar-refractivity contribution in [3.63, 3.8) is 0 Å². The van der Waals surface area contributed by atoms with Crippen LogP contribution in [0.25, 0.3) is 0 Å². The molecule has 0 amide bonds. The Kier molecular flexibility index (Phi) is 14.8. The van der Waals surface area contributed by atoms with Crippen molar-refractivity contribution in [2.24, 2.45) is 38.6 Å². The van der Waals surface area contributed by atoms with Gasteiger partial charge in [-0.2, -0.15) is 0 Å². The van der Waals surface area contributed by atoms with Crippen LogP contribution in [-0.4, -0.2) is 68.2 Å². The number of aliphatic imine (C=N–C) groups is 1. The van der Waals surface area contributed by atoms with E-state index in [0.29, 0.717) is 90.2 Å². The van der Waals surface area contributed by atoms with Crippen LogP contribution in [0.2, 0.25) is 0 Å². The maximum Gasteiger partial charge on any atom is 0.161 e. The van der Waals surface area contributed by atoms with Crippen LogP contribution in [0.15, 0.2) is 89.3 Å². The number of benzene rings is 3. The largest absolute Gasteiger partial charge is 0.875 e. The number of aliphatic hydroxyl groups is 3. The Hall–Kier alpha value is -4.96. The summed E-state index contributed by atoms with van der Waals surface area (Å²) in [6.07, 6.45) is 12.5. The molecular formula is C56H62N3O8S2-. The number of carbonyl (C=O) groups is 1. The van der Waals surface area contributed by atoms with E-state index in [1.54, 1.807) is 64.2 Å². The third-order valence-corrected chi connectivity index (χ3v) is 18.2. The van der Waals surface area contributed by atoms with E-state index >= 15 is 0 Å². The van der Waals surface area contributed by atoms with Crippen molar-refractivity contribution in [2.45, 2.75) is 120 Å². The van der Waals surface area contributed by atoms with Gasteiger partial charge >= 0.3 is 0 Å². The average Bonchev–Trinajstić information content (AvgIpc) is 4.04. The highest BCUT2D eigenvalue weighted by molar-refractivity contribution is 8.76. The number of aromatic hydroxyl groups is 2. The number of hydrogen-bond donors (Lipinski definition) is 7. The summed E-state index contributed by atoms with van der Waals surface area (Å²) in [4.78, 5) is 18.2. The molecule has 2 heterocycles. The molecule has 3 aromatic carbocycles. The van der Waals surface area contributed by atoms with E-state index in [4.69, 9.17) is 16.2 Å². The van der Waals surface area contributed by atoms with Gasteiger partial charge in [0.05, 0.1) is 43.7 Å². The highest BCUT2D eigenvalue weighted by atomic mass is 33.1. The van der Waals surface area contributed by atoms with Gasteiger partial charge in [-0.1, -0.05) is 76.1 Å². The Bertz CT molecular complexity index is 2730. The molecule has 7 unspecified atom stereocenters. The van der Waals surface area contributed by atoms with Gasteiger partial charge in [-0.25, -0.2) is 0 Å². The number of aliphatic hydroxyl groups excluding tert-OH is 3. The molecule has 4 aliphatic carbocycles.